The van der Waals surface area contributed by atoms with Gasteiger partial charge in [0.1, 0.15) is 11.6 Å². The number of hydrogen-bond acceptors (Lipinski definition) is 3. The van der Waals surface area contributed by atoms with Crippen molar-refractivity contribution in [1.29, 1.82) is 0 Å². The zero-order valence-corrected chi connectivity index (χ0v) is 19.3. The first-order valence-electron chi connectivity index (χ1n) is 11.3. The van der Waals surface area contributed by atoms with Crippen molar-refractivity contribution in [3.63, 3.8) is 0 Å². The fourth-order valence-corrected chi connectivity index (χ4v) is 4.01. The van der Waals surface area contributed by atoms with Gasteiger partial charge in [-0.2, -0.15) is 0 Å². The molecule has 3 aromatic carbocycles. The lowest BCUT2D eigenvalue weighted by Gasteiger charge is -2.37. The third-order valence-electron chi connectivity index (χ3n) is 5.60. The number of hydrogen-bond donors (Lipinski definition) is 4. The van der Waals surface area contributed by atoms with Gasteiger partial charge in [0, 0.05) is 6.54 Å². The van der Waals surface area contributed by atoms with Gasteiger partial charge in [0.25, 0.3) is 0 Å². The number of nitrogens with one attached hydrogen (secondary N) is 3. The van der Waals surface area contributed by atoms with E-state index in [0.717, 1.165) is 16.7 Å². The van der Waals surface area contributed by atoms with E-state index in [4.69, 9.17) is 0 Å². The van der Waals surface area contributed by atoms with Crippen molar-refractivity contribution in [2.75, 3.05) is 6.54 Å². The van der Waals surface area contributed by atoms with Crippen LogP contribution < -0.4 is 16.0 Å². The van der Waals surface area contributed by atoms with Gasteiger partial charge >= 0.3 is 6.09 Å². The molecule has 3 aromatic rings. The summed E-state index contributed by atoms with van der Waals surface area (Å²) >= 11 is 0. The Bertz CT molecular complexity index is 1040. The SMILES string of the molecule is C=CCCNC(=O)C(CC(=O)NC(c1ccccc1)(c1ccccc1)c1ccccc1)NC(=O)O. The van der Waals surface area contributed by atoms with E-state index in [1.807, 2.05) is 91.0 Å². The van der Waals surface area contributed by atoms with Crippen LogP contribution >= 0.6 is 0 Å². The Kier molecular flexibility index (Phi) is 8.78. The molecule has 0 spiro atoms. The summed E-state index contributed by atoms with van der Waals surface area (Å²) in [7, 11) is 0. The third kappa shape index (κ3) is 6.35. The van der Waals surface area contributed by atoms with E-state index >= 15 is 0 Å². The van der Waals surface area contributed by atoms with Crippen molar-refractivity contribution in [3.8, 4) is 0 Å². The maximum Gasteiger partial charge on any atom is 0.405 e. The summed E-state index contributed by atoms with van der Waals surface area (Å²) in [5.74, 6) is -1.06. The van der Waals surface area contributed by atoms with Gasteiger partial charge in [-0.05, 0) is 23.1 Å². The second-order valence-corrected chi connectivity index (χ2v) is 7.97. The Labute approximate surface area is 204 Å². The van der Waals surface area contributed by atoms with Gasteiger partial charge in [0.05, 0.1) is 6.42 Å². The highest BCUT2D eigenvalue weighted by molar-refractivity contribution is 5.91. The molecule has 35 heavy (non-hydrogen) atoms. The van der Waals surface area contributed by atoms with Crippen molar-refractivity contribution in [2.24, 2.45) is 0 Å². The minimum atomic E-state index is -1.39. The number of amides is 3. The molecule has 0 heterocycles. The van der Waals surface area contributed by atoms with Crippen LogP contribution in [-0.2, 0) is 15.1 Å². The smallest absolute Gasteiger partial charge is 0.405 e. The predicted molar refractivity (Wildman–Crippen MR) is 135 cm³/mol. The summed E-state index contributed by atoms with van der Waals surface area (Å²) in [6.07, 6.45) is 0.403. The van der Waals surface area contributed by atoms with Crippen LogP contribution in [0.3, 0.4) is 0 Å². The topological polar surface area (TPSA) is 108 Å². The van der Waals surface area contributed by atoms with Gasteiger partial charge in [-0.3, -0.25) is 9.59 Å². The van der Waals surface area contributed by atoms with Crippen LogP contribution in [0.2, 0.25) is 0 Å². The zero-order valence-electron chi connectivity index (χ0n) is 19.3. The lowest BCUT2D eigenvalue weighted by molar-refractivity contribution is -0.128. The number of benzene rings is 3. The minimum absolute atomic E-state index is 0.295. The summed E-state index contributed by atoms with van der Waals surface area (Å²) in [5, 5.41) is 17.2. The van der Waals surface area contributed by atoms with E-state index < -0.39 is 29.5 Å². The van der Waals surface area contributed by atoms with Gasteiger partial charge in [-0.25, -0.2) is 4.79 Å². The van der Waals surface area contributed by atoms with E-state index in [-0.39, 0.29) is 6.42 Å². The fourth-order valence-electron chi connectivity index (χ4n) is 4.01. The van der Waals surface area contributed by atoms with Gasteiger partial charge < -0.3 is 21.1 Å². The molecule has 0 aliphatic carbocycles. The summed E-state index contributed by atoms with van der Waals surface area (Å²) in [6, 6.07) is 27.3. The van der Waals surface area contributed by atoms with Crippen molar-refractivity contribution in [2.45, 2.75) is 24.4 Å². The van der Waals surface area contributed by atoms with Gasteiger partial charge in [0.2, 0.25) is 11.8 Å². The first kappa shape index (κ1) is 25.2. The van der Waals surface area contributed by atoms with E-state index in [9.17, 15) is 19.5 Å². The van der Waals surface area contributed by atoms with Crippen molar-refractivity contribution < 1.29 is 19.5 Å². The molecule has 0 bridgehead atoms. The molecular formula is C28H29N3O4. The Morgan fingerprint density at radius 3 is 1.69 bits per heavy atom. The lowest BCUT2D eigenvalue weighted by atomic mass is 9.77. The molecule has 3 amide bonds. The van der Waals surface area contributed by atoms with E-state index in [2.05, 4.69) is 22.5 Å². The molecule has 0 radical (unpaired) electrons. The second kappa shape index (κ2) is 12.2. The Balaban J connectivity index is 2.01. The molecule has 0 aliphatic rings. The molecule has 180 valence electrons. The van der Waals surface area contributed by atoms with Gasteiger partial charge in [0.15, 0.2) is 0 Å². The molecule has 3 rings (SSSR count). The highest BCUT2D eigenvalue weighted by Gasteiger charge is 2.38. The monoisotopic (exact) mass is 471 g/mol. The molecule has 0 saturated carbocycles. The molecule has 0 aliphatic heterocycles. The maximum atomic E-state index is 13.5. The molecule has 0 fully saturated rings. The zero-order chi connectivity index (χ0) is 25.1. The van der Waals surface area contributed by atoms with Crippen LogP contribution in [0.4, 0.5) is 4.79 Å². The first-order valence-corrected chi connectivity index (χ1v) is 11.3. The Morgan fingerprint density at radius 1 is 0.829 bits per heavy atom. The third-order valence-corrected chi connectivity index (χ3v) is 5.60. The summed E-state index contributed by atoms with van der Waals surface area (Å²) in [4.78, 5) is 37.4. The summed E-state index contributed by atoms with van der Waals surface area (Å²) in [6.45, 7) is 3.90. The minimum Gasteiger partial charge on any atom is -0.465 e. The Morgan fingerprint density at radius 2 is 1.29 bits per heavy atom. The number of rotatable bonds is 11. The van der Waals surface area contributed by atoms with Crippen LogP contribution in [0.15, 0.2) is 104 Å². The largest absolute Gasteiger partial charge is 0.465 e. The number of carbonyl (C=O) groups excluding carboxylic acids is 2. The molecule has 0 aromatic heterocycles. The average molecular weight is 472 g/mol. The van der Waals surface area contributed by atoms with Crippen molar-refractivity contribution in [3.05, 3.63) is 120 Å². The molecule has 7 heteroatoms. The van der Waals surface area contributed by atoms with Crippen LogP contribution in [0.1, 0.15) is 29.5 Å². The molecule has 4 N–H and O–H groups in total. The second-order valence-electron chi connectivity index (χ2n) is 7.97. The number of carbonyl (C=O) groups is 3. The highest BCUT2D eigenvalue weighted by Crippen LogP contribution is 2.36. The first-order chi connectivity index (χ1) is 17.0. The lowest BCUT2D eigenvalue weighted by Crippen LogP contribution is -2.52. The maximum absolute atomic E-state index is 13.5. The van der Waals surface area contributed by atoms with E-state index in [1.54, 1.807) is 6.08 Å². The predicted octanol–water partition coefficient (Wildman–Crippen LogP) is 3.81. The highest BCUT2D eigenvalue weighted by atomic mass is 16.4. The average Bonchev–Trinajstić information content (AvgIpc) is 2.88. The molecule has 7 nitrogen and oxygen atoms in total. The molecule has 1 atom stereocenters. The van der Waals surface area contributed by atoms with Crippen LogP contribution in [0, 0.1) is 0 Å². The normalized spacial score (nSPS) is 11.7. The molecule has 1 unspecified atom stereocenters. The van der Waals surface area contributed by atoms with E-state index in [1.165, 1.54) is 0 Å². The van der Waals surface area contributed by atoms with Gasteiger partial charge in [-0.15, -0.1) is 6.58 Å². The van der Waals surface area contributed by atoms with E-state index in [0.29, 0.717) is 13.0 Å². The van der Waals surface area contributed by atoms with Gasteiger partial charge in [-0.1, -0.05) is 97.1 Å². The van der Waals surface area contributed by atoms with Crippen molar-refractivity contribution >= 4 is 17.9 Å². The van der Waals surface area contributed by atoms with Crippen LogP contribution in [0.25, 0.3) is 0 Å². The standard InChI is InChI=1S/C28H29N3O4/c1-2-3-19-29-26(33)24(30-27(34)35)20-25(32)31-28(21-13-7-4-8-14-21,22-15-9-5-10-16-22)23-17-11-6-12-18-23/h2,4-18,24,30H,1,3,19-20H2,(H,29,33)(H,31,32)(H,34,35). The Hall–Kier alpha value is -4.39. The van der Waals surface area contributed by atoms with Crippen molar-refractivity contribution in [1.82, 2.24) is 16.0 Å². The van der Waals surface area contributed by atoms with Crippen LogP contribution in [0.5, 0.6) is 0 Å². The summed E-state index contributed by atoms with van der Waals surface area (Å²) in [5.41, 5.74) is 1.41. The fraction of sp³-hybridized carbons (Fsp3) is 0.179. The number of carboxylic acid groups (broad SMARTS) is 1. The quantitative estimate of drug-likeness (QED) is 0.194. The van der Waals surface area contributed by atoms with Crippen LogP contribution in [-0.4, -0.2) is 35.6 Å². The molecule has 0 saturated heterocycles. The summed E-state index contributed by atoms with van der Waals surface area (Å²) < 4.78 is 0. The molecular weight excluding hydrogens is 442 g/mol.